The number of benzene rings is 1. The minimum Gasteiger partial charge on any atom is -0.355 e. The third kappa shape index (κ3) is 4.45. The molecule has 0 heterocycles. The Labute approximate surface area is 108 Å². The van der Waals surface area contributed by atoms with Crippen LogP contribution in [-0.2, 0) is 4.79 Å². The number of carbonyl (C=O) groups is 1. The molecular weight excluding hydrogens is 231 g/mol. The van der Waals surface area contributed by atoms with Crippen LogP contribution < -0.4 is 10.6 Å². The molecule has 1 amide bonds. The molecule has 4 heteroatoms. The summed E-state index contributed by atoms with van der Waals surface area (Å²) in [5.74, 6) is -0.259. The van der Waals surface area contributed by atoms with Crippen molar-refractivity contribution in [3.63, 3.8) is 0 Å². The van der Waals surface area contributed by atoms with E-state index in [1.54, 1.807) is 12.1 Å². The zero-order valence-electron chi connectivity index (χ0n) is 11.2. The molecule has 0 spiro atoms. The molecule has 0 radical (unpaired) electrons. The van der Waals surface area contributed by atoms with Crippen LogP contribution in [0.3, 0.4) is 0 Å². The minimum absolute atomic E-state index is 0.00739. The lowest BCUT2D eigenvalue weighted by Gasteiger charge is -2.19. The molecule has 0 fully saturated rings. The van der Waals surface area contributed by atoms with Gasteiger partial charge in [0.05, 0.1) is 6.04 Å². The summed E-state index contributed by atoms with van der Waals surface area (Å²) in [6.45, 7) is 6.48. The van der Waals surface area contributed by atoms with E-state index in [2.05, 4.69) is 10.6 Å². The molecule has 3 nitrogen and oxygen atoms in total. The van der Waals surface area contributed by atoms with Gasteiger partial charge in [-0.1, -0.05) is 19.1 Å². The molecule has 1 aromatic carbocycles. The summed E-state index contributed by atoms with van der Waals surface area (Å²) in [5.41, 5.74) is 0.964. The van der Waals surface area contributed by atoms with Crippen molar-refractivity contribution in [3.05, 3.63) is 35.6 Å². The predicted octanol–water partition coefficient (Wildman–Crippen LogP) is 2.39. The number of halogens is 1. The molecule has 2 atom stereocenters. The van der Waals surface area contributed by atoms with Crippen molar-refractivity contribution >= 4 is 5.91 Å². The van der Waals surface area contributed by atoms with Gasteiger partial charge in [0.25, 0.3) is 0 Å². The zero-order valence-corrected chi connectivity index (χ0v) is 11.2. The van der Waals surface area contributed by atoms with E-state index in [1.165, 1.54) is 12.1 Å². The highest BCUT2D eigenvalue weighted by Crippen LogP contribution is 2.13. The molecule has 18 heavy (non-hydrogen) atoms. The normalized spacial score (nSPS) is 14.0. The van der Waals surface area contributed by atoms with Gasteiger partial charge >= 0.3 is 0 Å². The lowest BCUT2D eigenvalue weighted by Crippen LogP contribution is -2.43. The molecule has 2 unspecified atom stereocenters. The van der Waals surface area contributed by atoms with Crippen molar-refractivity contribution in [2.45, 2.75) is 39.3 Å². The molecule has 0 aliphatic carbocycles. The van der Waals surface area contributed by atoms with E-state index in [9.17, 15) is 9.18 Å². The molecule has 0 saturated heterocycles. The van der Waals surface area contributed by atoms with Crippen LogP contribution in [0.1, 0.15) is 38.8 Å². The monoisotopic (exact) mass is 252 g/mol. The first-order valence-corrected chi connectivity index (χ1v) is 6.33. The summed E-state index contributed by atoms with van der Waals surface area (Å²) in [6, 6.07) is 6.04. The fourth-order valence-corrected chi connectivity index (χ4v) is 1.70. The second kappa shape index (κ2) is 7.11. The second-order valence-corrected chi connectivity index (χ2v) is 4.45. The fourth-order valence-electron chi connectivity index (χ4n) is 1.70. The Bertz CT molecular complexity index is 378. The zero-order chi connectivity index (χ0) is 13.5. The van der Waals surface area contributed by atoms with E-state index in [1.807, 2.05) is 20.8 Å². The van der Waals surface area contributed by atoms with Crippen LogP contribution in [-0.4, -0.2) is 18.5 Å². The van der Waals surface area contributed by atoms with Gasteiger partial charge in [-0.3, -0.25) is 10.1 Å². The van der Waals surface area contributed by atoms with Crippen molar-refractivity contribution in [1.82, 2.24) is 10.6 Å². The van der Waals surface area contributed by atoms with Crippen LogP contribution in [0.2, 0.25) is 0 Å². The quantitative estimate of drug-likeness (QED) is 0.816. The Hall–Kier alpha value is -1.42. The van der Waals surface area contributed by atoms with Gasteiger partial charge in [-0.15, -0.1) is 0 Å². The maximum absolute atomic E-state index is 12.8. The molecule has 100 valence electrons. The first-order valence-electron chi connectivity index (χ1n) is 6.33. The Morgan fingerprint density at radius 3 is 2.44 bits per heavy atom. The van der Waals surface area contributed by atoms with E-state index in [0.29, 0.717) is 6.54 Å². The maximum atomic E-state index is 12.8. The van der Waals surface area contributed by atoms with Crippen LogP contribution >= 0.6 is 0 Å². The van der Waals surface area contributed by atoms with Crippen LogP contribution in [0.5, 0.6) is 0 Å². The van der Waals surface area contributed by atoms with Crippen LogP contribution in [0, 0.1) is 5.82 Å². The molecule has 1 aromatic rings. The summed E-state index contributed by atoms with van der Waals surface area (Å²) in [7, 11) is 0. The SMILES string of the molecule is CCCNC(=O)C(C)NC(C)c1ccc(F)cc1. The van der Waals surface area contributed by atoms with E-state index in [-0.39, 0.29) is 23.8 Å². The van der Waals surface area contributed by atoms with E-state index < -0.39 is 0 Å². The minimum atomic E-state index is -0.267. The average Bonchev–Trinajstić information content (AvgIpc) is 2.36. The van der Waals surface area contributed by atoms with E-state index in [0.717, 1.165) is 12.0 Å². The fraction of sp³-hybridized carbons (Fsp3) is 0.500. The summed E-state index contributed by atoms with van der Waals surface area (Å²) in [6.07, 6.45) is 0.923. The Kier molecular flexibility index (Phi) is 5.78. The first kappa shape index (κ1) is 14.6. The molecule has 0 aromatic heterocycles. The standard InChI is InChI=1S/C14H21FN2O/c1-4-9-16-14(18)11(3)17-10(2)12-5-7-13(15)8-6-12/h5-8,10-11,17H,4,9H2,1-3H3,(H,16,18). The molecule has 0 aliphatic rings. The number of nitrogens with one attached hydrogen (secondary N) is 2. The van der Waals surface area contributed by atoms with Crippen molar-refractivity contribution in [2.24, 2.45) is 0 Å². The summed E-state index contributed by atoms with van der Waals surface area (Å²) in [5, 5.41) is 6.03. The van der Waals surface area contributed by atoms with Crippen molar-refractivity contribution < 1.29 is 9.18 Å². The molecular formula is C14H21FN2O. The van der Waals surface area contributed by atoms with Crippen LogP contribution in [0.15, 0.2) is 24.3 Å². The Balaban J connectivity index is 2.50. The highest BCUT2D eigenvalue weighted by molar-refractivity contribution is 5.81. The summed E-state index contributed by atoms with van der Waals surface area (Å²) < 4.78 is 12.8. The van der Waals surface area contributed by atoms with Crippen LogP contribution in [0.25, 0.3) is 0 Å². The highest BCUT2D eigenvalue weighted by atomic mass is 19.1. The topological polar surface area (TPSA) is 41.1 Å². The van der Waals surface area contributed by atoms with Crippen LogP contribution in [0.4, 0.5) is 4.39 Å². The lowest BCUT2D eigenvalue weighted by atomic mass is 10.1. The number of amides is 1. The summed E-state index contributed by atoms with van der Waals surface area (Å²) >= 11 is 0. The van der Waals surface area contributed by atoms with Gasteiger partial charge in [0.15, 0.2) is 0 Å². The van der Waals surface area contributed by atoms with E-state index in [4.69, 9.17) is 0 Å². The van der Waals surface area contributed by atoms with Gasteiger partial charge < -0.3 is 5.32 Å². The number of hydrogen-bond donors (Lipinski definition) is 2. The summed E-state index contributed by atoms with van der Waals surface area (Å²) in [4.78, 5) is 11.7. The molecule has 1 rings (SSSR count). The van der Waals surface area contributed by atoms with Gasteiger partial charge in [-0.25, -0.2) is 4.39 Å². The number of carbonyl (C=O) groups excluding carboxylic acids is 1. The number of rotatable bonds is 6. The maximum Gasteiger partial charge on any atom is 0.236 e. The van der Waals surface area contributed by atoms with Gasteiger partial charge in [-0.05, 0) is 38.0 Å². The van der Waals surface area contributed by atoms with Gasteiger partial charge in [-0.2, -0.15) is 0 Å². The van der Waals surface area contributed by atoms with Crippen molar-refractivity contribution in [1.29, 1.82) is 0 Å². The van der Waals surface area contributed by atoms with Gasteiger partial charge in [0, 0.05) is 12.6 Å². The predicted molar refractivity (Wildman–Crippen MR) is 70.7 cm³/mol. The molecule has 0 bridgehead atoms. The third-order valence-corrected chi connectivity index (χ3v) is 2.81. The van der Waals surface area contributed by atoms with Crippen molar-refractivity contribution in [2.75, 3.05) is 6.54 Å². The van der Waals surface area contributed by atoms with Crippen molar-refractivity contribution in [3.8, 4) is 0 Å². The molecule has 0 aliphatic heterocycles. The largest absolute Gasteiger partial charge is 0.355 e. The molecule has 0 saturated carbocycles. The lowest BCUT2D eigenvalue weighted by molar-refractivity contribution is -0.122. The average molecular weight is 252 g/mol. The Morgan fingerprint density at radius 2 is 1.89 bits per heavy atom. The Morgan fingerprint density at radius 1 is 1.28 bits per heavy atom. The third-order valence-electron chi connectivity index (χ3n) is 2.81. The number of hydrogen-bond acceptors (Lipinski definition) is 2. The highest BCUT2D eigenvalue weighted by Gasteiger charge is 2.15. The first-order chi connectivity index (χ1) is 8.54. The van der Waals surface area contributed by atoms with E-state index >= 15 is 0 Å². The smallest absolute Gasteiger partial charge is 0.236 e. The second-order valence-electron chi connectivity index (χ2n) is 4.45. The molecule has 2 N–H and O–H groups in total. The van der Waals surface area contributed by atoms with Gasteiger partial charge in [0.2, 0.25) is 5.91 Å². The van der Waals surface area contributed by atoms with Gasteiger partial charge in [0.1, 0.15) is 5.82 Å².